The molecule has 1 aromatic heterocycles. The van der Waals surface area contributed by atoms with E-state index < -0.39 is 0 Å². The van der Waals surface area contributed by atoms with Crippen molar-refractivity contribution in [3.63, 3.8) is 0 Å². The van der Waals surface area contributed by atoms with Crippen molar-refractivity contribution in [3.8, 4) is 0 Å². The summed E-state index contributed by atoms with van der Waals surface area (Å²) >= 11 is 0. The zero-order chi connectivity index (χ0) is 22.6. The van der Waals surface area contributed by atoms with Crippen LogP contribution < -0.4 is 4.90 Å². The van der Waals surface area contributed by atoms with E-state index in [9.17, 15) is 0 Å². The SMILES string of the molecule is CCCC(C)(CC)n1c2ccccc2c2cc3c(cc21)C1C=CC=CC1N3c1ccccc1. The molecule has 2 aliphatic rings. The van der Waals surface area contributed by atoms with E-state index in [4.69, 9.17) is 0 Å². The first-order valence-corrected chi connectivity index (χ1v) is 12.4. The molecule has 1 aliphatic carbocycles. The van der Waals surface area contributed by atoms with E-state index in [1.807, 2.05) is 0 Å². The molecular weight excluding hydrogens is 400 g/mol. The summed E-state index contributed by atoms with van der Waals surface area (Å²) in [4.78, 5) is 2.54. The molecule has 2 heterocycles. The molecule has 3 atom stereocenters. The number of hydrogen-bond acceptors (Lipinski definition) is 1. The van der Waals surface area contributed by atoms with Crippen LogP contribution in [0.5, 0.6) is 0 Å². The molecule has 6 rings (SSSR count). The summed E-state index contributed by atoms with van der Waals surface area (Å²) < 4.78 is 2.66. The second-order valence-electron chi connectivity index (χ2n) is 9.87. The van der Waals surface area contributed by atoms with Crippen LogP contribution in [0.15, 0.2) is 91.0 Å². The molecule has 0 N–H and O–H groups in total. The highest BCUT2D eigenvalue weighted by Crippen LogP contribution is 2.50. The lowest BCUT2D eigenvalue weighted by Gasteiger charge is -2.32. The second kappa shape index (κ2) is 7.66. The first-order chi connectivity index (χ1) is 16.2. The fourth-order valence-corrected chi connectivity index (χ4v) is 6.25. The summed E-state index contributed by atoms with van der Waals surface area (Å²) in [6, 6.07) is 25.2. The van der Waals surface area contributed by atoms with Gasteiger partial charge in [0.05, 0.1) is 11.6 Å². The van der Waals surface area contributed by atoms with Crippen molar-refractivity contribution in [2.45, 2.75) is 57.5 Å². The Labute approximate surface area is 196 Å². The lowest BCUT2D eigenvalue weighted by molar-refractivity contribution is 0.296. The van der Waals surface area contributed by atoms with Gasteiger partial charge in [-0.2, -0.15) is 0 Å². The Hall–Kier alpha value is -3.26. The first-order valence-electron chi connectivity index (χ1n) is 12.4. The topological polar surface area (TPSA) is 8.17 Å². The Kier molecular flexibility index (Phi) is 4.72. The molecule has 3 unspecified atom stereocenters. The molecule has 0 fully saturated rings. The van der Waals surface area contributed by atoms with E-state index in [0.29, 0.717) is 12.0 Å². The van der Waals surface area contributed by atoms with Gasteiger partial charge in [0.25, 0.3) is 0 Å². The number of para-hydroxylation sites is 2. The lowest BCUT2D eigenvalue weighted by atomic mass is 9.90. The molecule has 2 nitrogen and oxygen atoms in total. The molecule has 33 heavy (non-hydrogen) atoms. The number of nitrogens with zero attached hydrogens (tertiary/aromatic N) is 2. The third kappa shape index (κ3) is 2.93. The van der Waals surface area contributed by atoms with Crippen LogP contribution in [0.4, 0.5) is 11.4 Å². The van der Waals surface area contributed by atoms with Gasteiger partial charge in [-0.25, -0.2) is 0 Å². The maximum atomic E-state index is 2.66. The van der Waals surface area contributed by atoms with Gasteiger partial charge >= 0.3 is 0 Å². The van der Waals surface area contributed by atoms with Crippen molar-refractivity contribution in [1.82, 2.24) is 4.57 Å². The van der Waals surface area contributed by atoms with Gasteiger partial charge in [0.1, 0.15) is 0 Å². The fourth-order valence-electron chi connectivity index (χ4n) is 6.25. The molecular formula is C31H32N2. The summed E-state index contributed by atoms with van der Waals surface area (Å²) in [5, 5.41) is 2.73. The second-order valence-corrected chi connectivity index (χ2v) is 9.87. The minimum absolute atomic E-state index is 0.101. The van der Waals surface area contributed by atoms with Crippen molar-refractivity contribution >= 4 is 33.2 Å². The quantitative estimate of drug-likeness (QED) is 0.307. The highest BCUT2D eigenvalue weighted by molar-refractivity contribution is 6.10. The van der Waals surface area contributed by atoms with Crippen molar-refractivity contribution in [1.29, 1.82) is 0 Å². The minimum Gasteiger partial charge on any atom is -0.335 e. The number of anilines is 2. The standard InChI is InChI=1S/C31H32N2/c1-4-19-31(3,5-2)33-28-18-12-10-16-24(28)26-20-29-25(21-30(26)33)23-15-9-11-17-27(23)32(29)22-13-7-6-8-14-22/h6-18,20-21,23,27H,4-5,19H2,1-3H3. The molecule has 166 valence electrons. The van der Waals surface area contributed by atoms with Gasteiger partial charge in [0, 0.05) is 39.1 Å². The van der Waals surface area contributed by atoms with Crippen molar-refractivity contribution in [2.24, 2.45) is 0 Å². The van der Waals surface area contributed by atoms with E-state index in [-0.39, 0.29) is 5.54 Å². The first kappa shape index (κ1) is 20.4. The van der Waals surface area contributed by atoms with Crippen LogP contribution in [-0.4, -0.2) is 10.6 Å². The Balaban J connectivity index is 1.68. The Morgan fingerprint density at radius 3 is 2.36 bits per heavy atom. The van der Waals surface area contributed by atoms with Crippen LogP contribution in [0.1, 0.15) is 51.5 Å². The van der Waals surface area contributed by atoms with E-state index >= 15 is 0 Å². The monoisotopic (exact) mass is 432 g/mol. The molecule has 4 aromatic rings. The molecule has 3 aromatic carbocycles. The van der Waals surface area contributed by atoms with Gasteiger partial charge in [0.2, 0.25) is 0 Å². The van der Waals surface area contributed by atoms with Gasteiger partial charge in [-0.1, -0.05) is 81.0 Å². The van der Waals surface area contributed by atoms with Crippen molar-refractivity contribution < 1.29 is 0 Å². The third-order valence-electron chi connectivity index (χ3n) is 7.97. The molecule has 0 saturated carbocycles. The molecule has 0 radical (unpaired) electrons. The summed E-state index contributed by atoms with van der Waals surface area (Å²) in [6.45, 7) is 7.09. The molecule has 0 bridgehead atoms. The molecule has 0 amide bonds. The van der Waals surface area contributed by atoms with Crippen LogP contribution in [0.3, 0.4) is 0 Å². The number of fused-ring (bicyclic) bond motifs is 6. The maximum absolute atomic E-state index is 2.66. The largest absolute Gasteiger partial charge is 0.335 e. The van der Waals surface area contributed by atoms with Crippen LogP contribution in [-0.2, 0) is 5.54 Å². The molecule has 0 spiro atoms. The van der Waals surface area contributed by atoms with E-state index in [1.165, 1.54) is 51.6 Å². The van der Waals surface area contributed by atoms with Gasteiger partial charge in [0.15, 0.2) is 0 Å². The number of rotatable bonds is 5. The van der Waals surface area contributed by atoms with E-state index in [0.717, 1.165) is 6.42 Å². The summed E-state index contributed by atoms with van der Waals surface area (Å²) in [6.07, 6.45) is 12.6. The van der Waals surface area contributed by atoms with Gasteiger partial charge < -0.3 is 9.47 Å². The number of aromatic nitrogens is 1. The number of allylic oxidation sites excluding steroid dienone is 2. The van der Waals surface area contributed by atoms with Gasteiger partial charge in [-0.15, -0.1) is 0 Å². The number of hydrogen-bond donors (Lipinski definition) is 0. The highest BCUT2D eigenvalue weighted by Gasteiger charge is 2.38. The Bertz CT molecular complexity index is 1390. The van der Waals surface area contributed by atoms with E-state index in [1.54, 1.807) is 0 Å². The maximum Gasteiger partial charge on any atom is 0.0629 e. The van der Waals surface area contributed by atoms with Gasteiger partial charge in [-0.3, -0.25) is 0 Å². The normalized spacial score (nSPS) is 20.9. The highest BCUT2D eigenvalue weighted by atomic mass is 15.2. The fraction of sp³-hybridized carbons (Fsp3) is 0.290. The Morgan fingerprint density at radius 2 is 1.58 bits per heavy atom. The summed E-state index contributed by atoms with van der Waals surface area (Å²) in [7, 11) is 0. The molecule has 0 saturated heterocycles. The third-order valence-corrected chi connectivity index (χ3v) is 7.97. The van der Waals surface area contributed by atoms with Crippen LogP contribution >= 0.6 is 0 Å². The predicted molar refractivity (Wildman–Crippen MR) is 142 cm³/mol. The Morgan fingerprint density at radius 1 is 0.818 bits per heavy atom. The average molecular weight is 433 g/mol. The molecule has 2 heteroatoms. The molecule has 1 aliphatic heterocycles. The van der Waals surface area contributed by atoms with Crippen molar-refractivity contribution in [3.05, 3.63) is 96.6 Å². The lowest BCUT2D eigenvalue weighted by Crippen LogP contribution is -2.29. The zero-order valence-corrected chi connectivity index (χ0v) is 19.8. The van der Waals surface area contributed by atoms with Crippen LogP contribution in [0.25, 0.3) is 21.8 Å². The van der Waals surface area contributed by atoms with Crippen LogP contribution in [0, 0.1) is 0 Å². The number of benzene rings is 3. The summed E-state index contributed by atoms with van der Waals surface area (Å²) in [5.74, 6) is 0.375. The summed E-state index contributed by atoms with van der Waals surface area (Å²) in [5.41, 5.74) is 6.88. The van der Waals surface area contributed by atoms with Gasteiger partial charge in [-0.05, 0) is 55.7 Å². The zero-order valence-electron chi connectivity index (χ0n) is 19.8. The van der Waals surface area contributed by atoms with Crippen LogP contribution in [0.2, 0.25) is 0 Å². The van der Waals surface area contributed by atoms with E-state index in [2.05, 4.69) is 121 Å². The smallest absolute Gasteiger partial charge is 0.0629 e. The van der Waals surface area contributed by atoms with Crippen molar-refractivity contribution in [2.75, 3.05) is 4.90 Å². The predicted octanol–water partition coefficient (Wildman–Crippen LogP) is 8.45. The average Bonchev–Trinajstić information content (AvgIpc) is 3.36. The minimum atomic E-state index is 0.101.